The number of hydrogen-bond acceptors (Lipinski definition) is 3. The number of aromatic nitrogens is 2. The highest BCUT2D eigenvalue weighted by atomic mass is 16.3. The quantitative estimate of drug-likeness (QED) is 0.809. The van der Waals surface area contributed by atoms with E-state index in [-0.39, 0.29) is 6.04 Å². The fourth-order valence-corrected chi connectivity index (χ4v) is 2.26. The number of aryl methyl sites for hydroxylation is 2. The highest BCUT2D eigenvalue weighted by Gasteiger charge is 2.34. The lowest BCUT2D eigenvalue weighted by Gasteiger charge is -2.37. The van der Waals surface area contributed by atoms with Crippen LogP contribution in [0.2, 0.25) is 0 Å². The summed E-state index contributed by atoms with van der Waals surface area (Å²) in [6.45, 7) is 4.82. The van der Waals surface area contributed by atoms with Crippen LogP contribution >= 0.6 is 0 Å². The Kier molecular flexibility index (Phi) is 3.04. The Bertz CT molecular complexity index is 368. The topological polar surface area (TPSA) is 50.1 Å². The van der Waals surface area contributed by atoms with Crippen molar-refractivity contribution in [3.05, 3.63) is 17.5 Å². The van der Waals surface area contributed by atoms with Crippen molar-refractivity contribution in [1.82, 2.24) is 15.1 Å². The lowest BCUT2D eigenvalue weighted by Crippen LogP contribution is -2.46. The molecule has 1 aliphatic rings. The molecule has 1 saturated carbocycles. The molecule has 4 heteroatoms. The van der Waals surface area contributed by atoms with E-state index in [1.807, 2.05) is 24.9 Å². The first-order valence-electron chi connectivity index (χ1n) is 5.96. The van der Waals surface area contributed by atoms with Gasteiger partial charge in [-0.2, -0.15) is 5.10 Å². The largest absolute Gasteiger partial charge is 0.389 e. The second-order valence-electron chi connectivity index (χ2n) is 5.02. The third kappa shape index (κ3) is 2.28. The van der Waals surface area contributed by atoms with Crippen LogP contribution in [-0.4, -0.2) is 27.0 Å². The van der Waals surface area contributed by atoms with Crippen LogP contribution in [0.1, 0.15) is 43.5 Å². The lowest BCUT2D eigenvalue weighted by atomic mass is 9.80. The molecule has 0 radical (unpaired) electrons. The maximum atomic E-state index is 10.00. The van der Waals surface area contributed by atoms with Crippen molar-refractivity contribution in [2.45, 2.75) is 44.8 Å². The van der Waals surface area contributed by atoms with Crippen LogP contribution in [0.3, 0.4) is 0 Å². The first-order valence-corrected chi connectivity index (χ1v) is 5.96. The third-order valence-corrected chi connectivity index (χ3v) is 3.54. The highest BCUT2D eigenvalue weighted by molar-refractivity contribution is 5.19. The summed E-state index contributed by atoms with van der Waals surface area (Å²) in [4.78, 5) is 0. The van der Waals surface area contributed by atoms with Crippen molar-refractivity contribution in [3.63, 3.8) is 0 Å². The van der Waals surface area contributed by atoms with Crippen LogP contribution in [0.5, 0.6) is 0 Å². The zero-order chi connectivity index (χ0) is 11.8. The second-order valence-corrected chi connectivity index (χ2v) is 5.02. The smallest absolute Gasteiger partial charge is 0.0771 e. The van der Waals surface area contributed by atoms with Gasteiger partial charge in [0.2, 0.25) is 0 Å². The van der Waals surface area contributed by atoms with Crippen LogP contribution < -0.4 is 5.32 Å². The summed E-state index contributed by atoms with van der Waals surface area (Å²) in [5.41, 5.74) is 1.82. The zero-order valence-corrected chi connectivity index (χ0v) is 10.3. The fraction of sp³-hybridized carbons (Fsp3) is 0.750. The number of hydrogen-bond donors (Lipinski definition) is 2. The number of nitrogens with one attached hydrogen (secondary N) is 1. The van der Waals surface area contributed by atoms with Crippen LogP contribution in [0.25, 0.3) is 0 Å². The Morgan fingerprint density at radius 3 is 2.75 bits per heavy atom. The van der Waals surface area contributed by atoms with Crippen molar-refractivity contribution in [2.24, 2.45) is 7.05 Å². The first-order chi connectivity index (χ1) is 7.50. The predicted molar refractivity (Wildman–Crippen MR) is 63.2 cm³/mol. The summed E-state index contributed by atoms with van der Waals surface area (Å²) in [7, 11) is 1.93. The molecule has 1 aliphatic carbocycles. The molecule has 1 aromatic heterocycles. The van der Waals surface area contributed by atoms with Crippen molar-refractivity contribution in [1.29, 1.82) is 0 Å². The molecular weight excluding hydrogens is 202 g/mol. The Morgan fingerprint density at radius 1 is 1.62 bits per heavy atom. The lowest BCUT2D eigenvalue weighted by molar-refractivity contribution is -0.0329. The average Bonchev–Trinajstić information content (AvgIpc) is 2.51. The van der Waals surface area contributed by atoms with Crippen molar-refractivity contribution >= 4 is 0 Å². The summed E-state index contributed by atoms with van der Waals surface area (Å²) in [5, 5.41) is 17.7. The second kappa shape index (κ2) is 4.18. The molecule has 1 unspecified atom stereocenters. The van der Waals surface area contributed by atoms with Gasteiger partial charge in [0.05, 0.1) is 11.3 Å². The van der Waals surface area contributed by atoms with Crippen LogP contribution in [-0.2, 0) is 7.05 Å². The molecule has 1 aromatic rings. The minimum atomic E-state index is -0.454. The summed E-state index contributed by atoms with van der Waals surface area (Å²) in [6.07, 6.45) is 5.05. The molecule has 16 heavy (non-hydrogen) atoms. The molecule has 0 saturated heterocycles. The van der Waals surface area contributed by atoms with Gasteiger partial charge >= 0.3 is 0 Å². The SMILES string of the molecule is Cc1nn(C)cc1C(C)NCC1(O)CCC1. The van der Waals surface area contributed by atoms with Gasteiger partial charge in [0.15, 0.2) is 0 Å². The summed E-state index contributed by atoms with van der Waals surface area (Å²) in [5.74, 6) is 0. The monoisotopic (exact) mass is 223 g/mol. The van der Waals surface area contributed by atoms with E-state index < -0.39 is 5.60 Å². The molecule has 0 aromatic carbocycles. The molecule has 0 spiro atoms. The standard InChI is InChI=1S/C12H21N3O/c1-9(11-7-15(3)14-10(11)2)13-8-12(16)5-4-6-12/h7,9,13,16H,4-6,8H2,1-3H3. The maximum absolute atomic E-state index is 10.00. The van der Waals surface area contributed by atoms with E-state index in [9.17, 15) is 5.11 Å². The summed E-state index contributed by atoms with van der Waals surface area (Å²) in [6, 6.07) is 0.248. The Hall–Kier alpha value is -0.870. The van der Waals surface area contributed by atoms with Crippen LogP contribution in [0, 0.1) is 6.92 Å². The molecule has 2 rings (SSSR count). The van der Waals surface area contributed by atoms with Gasteiger partial charge in [-0.1, -0.05) is 0 Å². The molecule has 0 bridgehead atoms. The van der Waals surface area contributed by atoms with Crippen molar-refractivity contribution < 1.29 is 5.11 Å². The fourth-order valence-electron chi connectivity index (χ4n) is 2.26. The third-order valence-electron chi connectivity index (χ3n) is 3.54. The van der Waals surface area contributed by atoms with Gasteiger partial charge in [-0.25, -0.2) is 0 Å². The maximum Gasteiger partial charge on any atom is 0.0771 e. The summed E-state index contributed by atoms with van der Waals surface area (Å²) >= 11 is 0. The molecular formula is C12H21N3O. The molecule has 0 amide bonds. The van der Waals surface area contributed by atoms with Gasteiger partial charge in [0, 0.05) is 31.4 Å². The molecule has 4 nitrogen and oxygen atoms in total. The average molecular weight is 223 g/mol. The minimum Gasteiger partial charge on any atom is -0.389 e. The number of rotatable bonds is 4. The van der Waals surface area contributed by atoms with E-state index in [0.717, 1.165) is 25.0 Å². The Morgan fingerprint density at radius 2 is 2.31 bits per heavy atom. The van der Waals surface area contributed by atoms with Crippen molar-refractivity contribution in [2.75, 3.05) is 6.54 Å². The predicted octanol–water partition coefficient (Wildman–Crippen LogP) is 1.29. The molecule has 1 heterocycles. The van der Waals surface area contributed by atoms with Gasteiger partial charge in [0.1, 0.15) is 0 Å². The van der Waals surface area contributed by atoms with E-state index in [0.29, 0.717) is 6.54 Å². The van der Waals surface area contributed by atoms with Gasteiger partial charge in [0.25, 0.3) is 0 Å². The first kappa shape index (κ1) is 11.6. The Labute approximate surface area is 96.7 Å². The van der Waals surface area contributed by atoms with Gasteiger partial charge in [-0.05, 0) is 33.1 Å². The molecule has 0 aliphatic heterocycles. The van der Waals surface area contributed by atoms with Gasteiger partial charge < -0.3 is 10.4 Å². The van der Waals surface area contributed by atoms with Gasteiger partial charge in [-0.15, -0.1) is 0 Å². The normalized spacial score (nSPS) is 20.5. The minimum absolute atomic E-state index is 0.248. The zero-order valence-electron chi connectivity index (χ0n) is 10.3. The highest BCUT2D eigenvalue weighted by Crippen LogP contribution is 2.31. The van der Waals surface area contributed by atoms with Gasteiger partial charge in [-0.3, -0.25) is 4.68 Å². The van der Waals surface area contributed by atoms with E-state index in [4.69, 9.17) is 0 Å². The van der Waals surface area contributed by atoms with E-state index >= 15 is 0 Å². The Balaban J connectivity index is 1.92. The van der Waals surface area contributed by atoms with Crippen LogP contribution in [0.4, 0.5) is 0 Å². The molecule has 90 valence electrons. The number of aliphatic hydroxyl groups is 1. The molecule has 2 N–H and O–H groups in total. The van der Waals surface area contributed by atoms with E-state index in [2.05, 4.69) is 17.3 Å². The molecule has 1 fully saturated rings. The number of nitrogens with zero attached hydrogens (tertiary/aromatic N) is 2. The van der Waals surface area contributed by atoms with E-state index in [1.165, 1.54) is 5.56 Å². The van der Waals surface area contributed by atoms with Crippen LogP contribution in [0.15, 0.2) is 6.20 Å². The summed E-state index contributed by atoms with van der Waals surface area (Å²) < 4.78 is 1.83. The van der Waals surface area contributed by atoms with Crippen molar-refractivity contribution in [3.8, 4) is 0 Å². The molecule has 1 atom stereocenters. The van der Waals surface area contributed by atoms with E-state index in [1.54, 1.807) is 0 Å².